The molecule has 64 valence electrons. The van der Waals surface area contributed by atoms with Gasteiger partial charge in [0.05, 0.1) is 0 Å². The molecule has 0 aromatic heterocycles. The SMILES string of the molecule is CC.CCC1=CCC(F)=C1C. The van der Waals surface area contributed by atoms with E-state index in [1.165, 1.54) is 5.57 Å². The van der Waals surface area contributed by atoms with Gasteiger partial charge in [-0.1, -0.05) is 26.8 Å². The summed E-state index contributed by atoms with van der Waals surface area (Å²) in [6.45, 7) is 7.89. The average molecular weight is 156 g/mol. The second-order valence-electron chi connectivity index (χ2n) is 2.32. The van der Waals surface area contributed by atoms with Crippen LogP contribution >= 0.6 is 0 Å². The van der Waals surface area contributed by atoms with E-state index in [-0.39, 0.29) is 5.83 Å². The quantitative estimate of drug-likeness (QED) is 0.538. The summed E-state index contributed by atoms with van der Waals surface area (Å²) in [7, 11) is 0. The topological polar surface area (TPSA) is 0 Å². The summed E-state index contributed by atoms with van der Waals surface area (Å²) in [5, 5.41) is 0. The second kappa shape index (κ2) is 5.11. The van der Waals surface area contributed by atoms with Crippen LogP contribution in [0.15, 0.2) is 23.0 Å². The Balaban J connectivity index is 0.000000461. The zero-order chi connectivity index (χ0) is 8.85. The molecule has 0 heterocycles. The second-order valence-corrected chi connectivity index (χ2v) is 2.32. The van der Waals surface area contributed by atoms with Crippen LogP contribution in [0.25, 0.3) is 0 Å². The van der Waals surface area contributed by atoms with Crippen molar-refractivity contribution in [2.45, 2.75) is 40.5 Å². The predicted molar refractivity (Wildman–Crippen MR) is 48.1 cm³/mol. The van der Waals surface area contributed by atoms with Gasteiger partial charge in [-0.05, 0) is 24.5 Å². The van der Waals surface area contributed by atoms with Gasteiger partial charge in [-0.2, -0.15) is 0 Å². The van der Waals surface area contributed by atoms with E-state index in [4.69, 9.17) is 0 Å². The Labute approximate surface area is 68.8 Å². The van der Waals surface area contributed by atoms with E-state index >= 15 is 0 Å². The van der Waals surface area contributed by atoms with Gasteiger partial charge in [0.2, 0.25) is 0 Å². The Morgan fingerprint density at radius 3 is 2.18 bits per heavy atom. The number of halogens is 1. The Bertz CT molecular complexity index is 175. The molecule has 0 radical (unpaired) electrons. The first-order valence-corrected chi connectivity index (χ1v) is 4.30. The van der Waals surface area contributed by atoms with E-state index in [1.54, 1.807) is 0 Å². The van der Waals surface area contributed by atoms with Crippen LogP contribution in [0.2, 0.25) is 0 Å². The molecule has 0 atom stereocenters. The molecule has 0 saturated carbocycles. The first-order chi connectivity index (χ1) is 5.25. The fourth-order valence-corrected chi connectivity index (χ4v) is 1.10. The van der Waals surface area contributed by atoms with Gasteiger partial charge in [0.1, 0.15) is 5.83 Å². The fourth-order valence-electron chi connectivity index (χ4n) is 1.10. The summed E-state index contributed by atoms with van der Waals surface area (Å²) in [6.07, 6.45) is 3.44. The minimum atomic E-state index is 0.0480. The Kier molecular flexibility index (Phi) is 4.84. The lowest BCUT2D eigenvalue weighted by atomic mass is 10.1. The highest BCUT2D eigenvalue weighted by Crippen LogP contribution is 2.28. The standard InChI is InChI=1S/C8H11F.C2H6/c1-3-7-4-5-8(9)6(7)2;1-2/h4H,3,5H2,1-2H3;1-2H3. The van der Waals surface area contributed by atoms with Gasteiger partial charge in [-0.25, -0.2) is 4.39 Å². The summed E-state index contributed by atoms with van der Waals surface area (Å²) >= 11 is 0. The molecule has 0 saturated heterocycles. The molecule has 0 nitrogen and oxygen atoms in total. The minimum absolute atomic E-state index is 0.0480. The van der Waals surface area contributed by atoms with Crippen molar-refractivity contribution in [1.29, 1.82) is 0 Å². The van der Waals surface area contributed by atoms with Gasteiger partial charge < -0.3 is 0 Å². The summed E-state index contributed by atoms with van der Waals surface area (Å²) in [5.41, 5.74) is 2.03. The molecule has 0 aromatic carbocycles. The number of hydrogen-bond acceptors (Lipinski definition) is 0. The number of rotatable bonds is 1. The van der Waals surface area contributed by atoms with Gasteiger partial charge >= 0.3 is 0 Å². The largest absolute Gasteiger partial charge is 0.211 e. The van der Waals surface area contributed by atoms with E-state index in [0.717, 1.165) is 12.0 Å². The number of hydrogen-bond donors (Lipinski definition) is 0. The maximum absolute atomic E-state index is 12.6. The lowest BCUT2D eigenvalue weighted by molar-refractivity contribution is 0.615. The molecule has 1 aliphatic carbocycles. The van der Waals surface area contributed by atoms with Gasteiger partial charge in [0, 0.05) is 6.42 Å². The van der Waals surface area contributed by atoms with Crippen molar-refractivity contribution in [1.82, 2.24) is 0 Å². The minimum Gasteiger partial charge on any atom is -0.211 e. The summed E-state index contributed by atoms with van der Waals surface area (Å²) in [4.78, 5) is 0. The normalized spacial score (nSPS) is 15.9. The monoisotopic (exact) mass is 156 g/mol. The van der Waals surface area contributed by atoms with E-state index in [1.807, 2.05) is 33.8 Å². The molecular formula is C10H17F. The van der Waals surface area contributed by atoms with E-state index in [0.29, 0.717) is 6.42 Å². The third kappa shape index (κ3) is 2.49. The Morgan fingerprint density at radius 2 is 2.00 bits per heavy atom. The molecule has 0 bridgehead atoms. The van der Waals surface area contributed by atoms with Crippen LogP contribution in [0, 0.1) is 0 Å². The van der Waals surface area contributed by atoms with Crippen molar-refractivity contribution in [3.05, 3.63) is 23.0 Å². The van der Waals surface area contributed by atoms with Crippen LogP contribution in [0.3, 0.4) is 0 Å². The van der Waals surface area contributed by atoms with Crippen LogP contribution < -0.4 is 0 Å². The van der Waals surface area contributed by atoms with Crippen molar-refractivity contribution < 1.29 is 4.39 Å². The summed E-state index contributed by atoms with van der Waals surface area (Å²) in [6, 6.07) is 0. The smallest absolute Gasteiger partial charge is 0.107 e. The highest BCUT2D eigenvalue weighted by molar-refractivity contribution is 5.37. The van der Waals surface area contributed by atoms with E-state index in [2.05, 4.69) is 0 Å². The zero-order valence-electron chi connectivity index (χ0n) is 7.87. The molecule has 0 aromatic rings. The highest BCUT2D eigenvalue weighted by Gasteiger charge is 2.10. The van der Waals surface area contributed by atoms with Crippen LogP contribution in [0.1, 0.15) is 40.5 Å². The summed E-state index contributed by atoms with van der Waals surface area (Å²) < 4.78 is 12.6. The van der Waals surface area contributed by atoms with Crippen LogP contribution in [-0.2, 0) is 0 Å². The van der Waals surface area contributed by atoms with Gasteiger partial charge in [0.25, 0.3) is 0 Å². The Hall–Kier alpha value is -0.590. The van der Waals surface area contributed by atoms with Crippen LogP contribution in [0.4, 0.5) is 4.39 Å². The highest BCUT2D eigenvalue weighted by atomic mass is 19.1. The molecule has 1 aliphatic rings. The third-order valence-corrected chi connectivity index (χ3v) is 1.80. The average Bonchev–Trinajstić information content (AvgIpc) is 2.37. The molecule has 1 rings (SSSR count). The molecule has 0 fully saturated rings. The van der Waals surface area contributed by atoms with E-state index < -0.39 is 0 Å². The molecule has 0 spiro atoms. The molecule has 1 heteroatoms. The fraction of sp³-hybridized carbons (Fsp3) is 0.600. The first-order valence-electron chi connectivity index (χ1n) is 4.30. The predicted octanol–water partition coefficient (Wildman–Crippen LogP) is 4.00. The molecular weight excluding hydrogens is 139 g/mol. The maximum Gasteiger partial charge on any atom is 0.107 e. The van der Waals surface area contributed by atoms with Gasteiger partial charge in [-0.15, -0.1) is 0 Å². The lowest BCUT2D eigenvalue weighted by Gasteiger charge is -1.96. The summed E-state index contributed by atoms with van der Waals surface area (Å²) in [5.74, 6) is 0.0480. The first kappa shape index (κ1) is 10.4. The molecule has 11 heavy (non-hydrogen) atoms. The van der Waals surface area contributed by atoms with Crippen molar-refractivity contribution in [2.24, 2.45) is 0 Å². The third-order valence-electron chi connectivity index (χ3n) is 1.80. The van der Waals surface area contributed by atoms with Crippen LogP contribution in [-0.4, -0.2) is 0 Å². The molecule has 0 aliphatic heterocycles. The van der Waals surface area contributed by atoms with E-state index in [9.17, 15) is 4.39 Å². The Morgan fingerprint density at radius 1 is 1.45 bits per heavy atom. The zero-order valence-corrected chi connectivity index (χ0v) is 7.87. The maximum atomic E-state index is 12.6. The molecule has 0 unspecified atom stereocenters. The van der Waals surface area contributed by atoms with Gasteiger partial charge in [-0.3, -0.25) is 0 Å². The molecule has 0 N–H and O–H groups in total. The van der Waals surface area contributed by atoms with Crippen molar-refractivity contribution >= 4 is 0 Å². The van der Waals surface area contributed by atoms with Crippen molar-refractivity contribution in [2.75, 3.05) is 0 Å². The van der Waals surface area contributed by atoms with Crippen LogP contribution in [0.5, 0.6) is 0 Å². The van der Waals surface area contributed by atoms with Crippen molar-refractivity contribution in [3.63, 3.8) is 0 Å². The van der Waals surface area contributed by atoms with Gasteiger partial charge in [0.15, 0.2) is 0 Å². The molecule has 0 amide bonds. The van der Waals surface area contributed by atoms with Crippen molar-refractivity contribution in [3.8, 4) is 0 Å². The lowest BCUT2D eigenvalue weighted by Crippen LogP contribution is -1.77. The number of allylic oxidation sites excluding steroid dienone is 4.